The third-order valence-electron chi connectivity index (χ3n) is 2.15. The van der Waals surface area contributed by atoms with Crippen molar-refractivity contribution in [3.05, 3.63) is 51.2 Å². The lowest BCUT2D eigenvalue weighted by atomic mass is 10.0. The topological polar surface area (TPSA) is 36.7 Å². The molecule has 0 spiro atoms. The highest BCUT2D eigenvalue weighted by atomic mass is 79.9. The lowest BCUT2D eigenvalue weighted by Gasteiger charge is -2.05. The van der Waals surface area contributed by atoms with E-state index in [2.05, 4.69) is 42.9 Å². The number of benzene rings is 1. The Kier molecular flexibility index (Phi) is 3.37. The van der Waals surface area contributed by atoms with Crippen LogP contribution in [-0.4, -0.2) is 4.98 Å². The minimum atomic E-state index is 0.556. The molecule has 0 aliphatic heterocycles. The highest BCUT2D eigenvalue weighted by Crippen LogP contribution is 2.28. The zero-order chi connectivity index (χ0) is 11.5. The van der Waals surface area contributed by atoms with Crippen LogP contribution in [0.4, 0.5) is 0 Å². The van der Waals surface area contributed by atoms with Crippen molar-refractivity contribution in [2.75, 3.05) is 0 Å². The molecule has 0 atom stereocenters. The van der Waals surface area contributed by atoms with Gasteiger partial charge in [-0.25, -0.2) is 4.98 Å². The molecule has 78 valence electrons. The summed E-state index contributed by atoms with van der Waals surface area (Å²) in [5.74, 6) is 0. The van der Waals surface area contributed by atoms with Gasteiger partial charge in [-0.15, -0.1) is 0 Å². The minimum absolute atomic E-state index is 0.556. The summed E-state index contributed by atoms with van der Waals surface area (Å²) in [5, 5.41) is 9.10. The lowest BCUT2D eigenvalue weighted by Crippen LogP contribution is -1.88. The van der Waals surface area contributed by atoms with Crippen LogP contribution in [0.2, 0.25) is 0 Å². The molecule has 0 fully saturated rings. The van der Waals surface area contributed by atoms with E-state index in [1.807, 2.05) is 30.3 Å². The zero-order valence-electron chi connectivity index (χ0n) is 8.11. The Morgan fingerprint density at radius 2 is 2.00 bits per heavy atom. The monoisotopic (exact) mass is 336 g/mol. The normalized spacial score (nSPS) is 9.81. The predicted molar refractivity (Wildman–Crippen MR) is 69.8 cm³/mol. The molecule has 0 saturated heterocycles. The number of halogens is 2. The average Bonchev–Trinajstić information content (AvgIpc) is 2.28. The minimum Gasteiger partial charge on any atom is -0.248 e. The summed E-state index contributed by atoms with van der Waals surface area (Å²) < 4.78 is 1.56. The van der Waals surface area contributed by atoms with E-state index in [-0.39, 0.29) is 0 Å². The van der Waals surface area contributed by atoms with Crippen LogP contribution in [0.15, 0.2) is 45.6 Å². The van der Waals surface area contributed by atoms with Crippen LogP contribution in [0.25, 0.3) is 11.1 Å². The van der Waals surface area contributed by atoms with E-state index in [9.17, 15) is 0 Å². The predicted octanol–water partition coefficient (Wildman–Crippen LogP) is 4.15. The molecule has 0 N–H and O–H groups in total. The number of hydrogen-bond donors (Lipinski definition) is 0. The van der Waals surface area contributed by atoms with E-state index in [1.165, 1.54) is 0 Å². The van der Waals surface area contributed by atoms with E-state index in [0.29, 0.717) is 10.2 Å². The van der Waals surface area contributed by atoms with E-state index < -0.39 is 0 Å². The molecule has 0 aliphatic rings. The fourth-order valence-electron chi connectivity index (χ4n) is 1.44. The summed E-state index contributed by atoms with van der Waals surface area (Å²) >= 11 is 6.69. The van der Waals surface area contributed by atoms with Gasteiger partial charge in [0.25, 0.3) is 0 Å². The largest absolute Gasteiger partial charge is 0.248 e. The molecule has 0 bridgehead atoms. The second-order valence-corrected chi connectivity index (χ2v) is 4.81. The van der Waals surface area contributed by atoms with Gasteiger partial charge in [0.15, 0.2) is 0 Å². The van der Waals surface area contributed by atoms with Crippen molar-refractivity contribution in [2.24, 2.45) is 0 Å². The van der Waals surface area contributed by atoms with Gasteiger partial charge < -0.3 is 0 Å². The molecule has 0 saturated carbocycles. The van der Waals surface area contributed by atoms with Gasteiger partial charge in [-0.05, 0) is 39.7 Å². The Labute approximate surface area is 110 Å². The first-order chi connectivity index (χ1) is 7.72. The molecule has 1 aromatic heterocycles. The van der Waals surface area contributed by atoms with Gasteiger partial charge in [0, 0.05) is 16.2 Å². The van der Waals surface area contributed by atoms with E-state index in [0.717, 1.165) is 15.6 Å². The van der Waals surface area contributed by atoms with Gasteiger partial charge in [0.2, 0.25) is 0 Å². The van der Waals surface area contributed by atoms with Crippen LogP contribution in [0.3, 0.4) is 0 Å². The van der Waals surface area contributed by atoms with Crippen LogP contribution in [-0.2, 0) is 0 Å². The number of nitriles is 1. The first kappa shape index (κ1) is 11.3. The summed E-state index contributed by atoms with van der Waals surface area (Å²) in [6.45, 7) is 0. The van der Waals surface area contributed by atoms with Crippen LogP contribution in [0.5, 0.6) is 0 Å². The molecule has 2 nitrogen and oxygen atoms in total. The van der Waals surface area contributed by atoms with Crippen molar-refractivity contribution in [2.45, 2.75) is 0 Å². The number of rotatable bonds is 1. The highest BCUT2D eigenvalue weighted by molar-refractivity contribution is 9.10. The third kappa shape index (κ3) is 2.16. The molecule has 2 aromatic rings. The summed E-state index contributed by atoms with van der Waals surface area (Å²) in [5.41, 5.74) is 2.43. The summed E-state index contributed by atoms with van der Waals surface area (Å²) in [4.78, 5) is 4.04. The fraction of sp³-hybridized carbons (Fsp3) is 0. The van der Waals surface area contributed by atoms with Gasteiger partial charge in [-0.1, -0.05) is 28.1 Å². The SMILES string of the molecule is N#Cc1c(-c2cccc(Br)c2)ccnc1Br. The van der Waals surface area contributed by atoms with Crippen LogP contribution in [0.1, 0.15) is 5.56 Å². The van der Waals surface area contributed by atoms with E-state index >= 15 is 0 Å². The molecule has 1 heterocycles. The Balaban J connectivity index is 2.66. The highest BCUT2D eigenvalue weighted by Gasteiger charge is 2.09. The van der Waals surface area contributed by atoms with Crippen molar-refractivity contribution >= 4 is 31.9 Å². The first-order valence-electron chi connectivity index (χ1n) is 4.53. The van der Waals surface area contributed by atoms with Crippen LogP contribution < -0.4 is 0 Å². The molecule has 0 aliphatic carbocycles. The maximum Gasteiger partial charge on any atom is 0.124 e. The first-order valence-corrected chi connectivity index (χ1v) is 6.11. The Morgan fingerprint density at radius 1 is 1.19 bits per heavy atom. The van der Waals surface area contributed by atoms with Gasteiger partial charge in [-0.3, -0.25) is 0 Å². The molecule has 2 rings (SSSR count). The molecule has 16 heavy (non-hydrogen) atoms. The van der Waals surface area contributed by atoms with Gasteiger partial charge in [-0.2, -0.15) is 5.26 Å². The van der Waals surface area contributed by atoms with E-state index in [1.54, 1.807) is 6.20 Å². The average molecular weight is 338 g/mol. The number of nitrogens with zero attached hydrogens (tertiary/aromatic N) is 2. The number of aromatic nitrogens is 1. The standard InChI is InChI=1S/C12H6Br2N2/c13-9-3-1-2-8(6-9)10-4-5-16-12(14)11(10)7-15/h1-6H. The number of pyridine rings is 1. The third-order valence-corrected chi connectivity index (χ3v) is 3.25. The van der Waals surface area contributed by atoms with Crippen LogP contribution >= 0.6 is 31.9 Å². The fourth-order valence-corrected chi connectivity index (χ4v) is 2.26. The lowest BCUT2D eigenvalue weighted by molar-refractivity contribution is 1.25. The molecule has 0 radical (unpaired) electrons. The van der Waals surface area contributed by atoms with Gasteiger partial charge >= 0.3 is 0 Å². The van der Waals surface area contributed by atoms with Crippen molar-refractivity contribution in [1.29, 1.82) is 5.26 Å². The number of hydrogen-bond acceptors (Lipinski definition) is 2. The summed E-state index contributed by atoms with van der Waals surface area (Å²) in [6.07, 6.45) is 1.68. The molecular weight excluding hydrogens is 332 g/mol. The second kappa shape index (κ2) is 4.77. The Morgan fingerprint density at radius 3 is 2.69 bits per heavy atom. The Bertz CT molecular complexity index is 573. The summed E-state index contributed by atoms with van der Waals surface area (Å²) in [7, 11) is 0. The van der Waals surface area contributed by atoms with Crippen molar-refractivity contribution in [3.63, 3.8) is 0 Å². The quantitative estimate of drug-likeness (QED) is 0.733. The van der Waals surface area contributed by atoms with Crippen molar-refractivity contribution < 1.29 is 0 Å². The Hall–Kier alpha value is -1.18. The van der Waals surface area contributed by atoms with Gasteiger partial charge in [0.05, 0.1) is 5.56 Å². The molecule has 4 heteroatoms. The zero-order valence-corrected chi connectivity index (χ0v) is 11.3. The molecule has 1 aromatic carbocycles. The van der Waals surface area contributed by atoms with Crippen LogP contribution in [0, 0.1) is 11.3 Å². The maximum atomic E-state index is 9.10. The summed E-state index contributed by atoms with van der Waals surface area (Å²) in [6, 6.07) is 11.8. The smallest absolute Gasteiger partial charge is 0.124 e. The van der Waals surface area contributed by atoms with E-state index in [4.69, 9.17) is 5.26 Å². The molecule has 0 amide bonds. The molecule has 0 unspecified atom stereocenters. The maximum absolute atomic E-state index is 9.10. The second-order valence-electron chi connectivity index (χ2n) is 3.15. The van der Waals surface area contributed by atoms with Gasteiger partial charge in [0.1, 0.15) is 10.7 Å². The van der Waals surface area contributed by atoms with Crippen molar-refractivity contribution in [3.8, 4) is 17.2 Å². The van der Waals surface area contributed by atoms with Crippen molar-refractivity contribution in [1.82, 2.24) is 4.98 Å². The molecular formula is C12H6Br2N2.